The molecule has 1 atom stereocenters. The summed E-state index contributed by atoms with van der Waals surface area (Å²) < 4.78 is 0. The Hall–Kier alpha value is -1.01. The number of hydrogen-bond donors (Lipinski definition) is 1. The van der Waals surface area contributed by atoms with Crippen LogP contribution in [-0.4, -0.2) is 30.4 Å². The third kappa shape index (κ3) is 2.99. The van der Waals surface area contributed by atoms with Gasteiger partial charge in [-0.1, -0.05) is 12.8 Å². The summed E-state index contributed by atoms with van der Waals surface area (Å²) in [5.74, 6) is 3.34. The normalized spacial score (nSPS) is 18.6. The summed E-state index contributed by atoms with van der Waals surface area (Å²) in [5, 5.41) is 0. The Kier molecular flexibility index (Phi) is 4.37. The molecule has 0 heterocycles. The quantitative estimate of drug-likeness (QED) is 0.687. The molecule has 1 unspecified atom stereocenters. The van der Waals surface area contributed by atoms with Crippen LogP contribution in [0.1, 0.15) is 33.1 Å². The van der Waals surface area contributed by atoms with Gasteiger partial charge in [0.25, 0.3) is 0 Å². The first kappa shape index (κ1) is 13.1. The average molecular weight is 222 g/mol. The predicted molar refractivity (Wildman–Crippen MR) is 65.6 cm³/mol. The molecule has 16 heavy (non-hydrogen) atoms. The van der Waals surface area contributed by atoms with Gasteiger partial charge in [-0.15, -0.1) is 6.42 Å². The lowest BCUT2D eigenvalue weighted by Crippen LogP contribution is -2.47. The molecule has 3 heteroatoms. The number of nitrogens with zero attached hydrogens (tertiary/aromatic N) is 1. The lowest BCUT2D eigenvalue weighted by molar-refractivity contribution is -0.140. The van der Waals surface area contributed by atoms with E-state index >= 15 is 0 Å². The second-order valence-corrected chi connectivity index (χ2v) is 4.95. The van der Waals surface area contributed by atoms with Crippen molar-refractivity contribution in [2.75, 3.05) is 19.6 Å². The van der Waals surface area contributed by atoms with E-state index in [9.17, 15) is 4.79 Å². The Balaban J connectivity index is 2.68. The molecule has 1 saturated carbocycles. The number of carbonyl (C=O) groups is 1. The Bertz CT molecular complexity index is 285. The molecule has 1 rings (SSSR count). The molecule has 3 nitrogen and oxygen atoms in total. The third-order valence-electron chi connectivity index (χ3n) is 3.49. The van der Waals surface area contributed by atoms with Crippen molar-refractivity contribution in [3.63, 3.8) is 0 Å². The molecule has 1 aliphatic carbocycles. The fraction of sp³-hybridized carbons (Fsp3) is 0.769. The Morgan fingerprint density at radius 3 is 2.62 bits per heavy atom. The van der Waals surface area contributed by atoms with E-state index in [2.05, 4.69) is 5.92 Å². The Labute approximate surface area is 98.4 Å². The number of carbonyl (C=O) groups excluding carboxylic acids is 1. The zero-order chi connectivity index (χ0) is 12.2. The molecule has 0 saturated heterocycles. The summed E-state index contributed by atoms with van der Waals surface area (Å²) in [7, 11) is 0. The molecule has 0 spiro atoms. The van der Waals surface area contributed by atoms with E-state index in [0.29, 0.717) is 19.0 Å². The van der Waals surface area contributed by atoms with Gasteiger partial charge in [0.15, 0.2) is 0 Å². The van der Waals surface area contributed by atoms with Crippen LogP contribution in [0, 0.1) is 23.7 Å². The van der Waals surface area contributed by atoms with Crippen molar-refractivity contribution in [2.24, 2.45) is 17.1 Å². The molecule has 0 aromatic heterocycles. The highest BCUT2D eigenvalue weighted by Gasteiger charge is 2.35. The van der Waals surface area contributed by atoms with Crippen LogP contribution in [0.4, 0.5) is 0 Å². The van der Waals surface area contributed by atoms with E-state index in [0.717, 1.165) is 13.0 Å². The van der Waals surface area contributed by atoms with Crippen molar-refractivity contribution < 1.29 is 4.79 Å². The number of terminal acetylenes is 1. The first-order valence-electron chi connectivity index (χ1n) is 6.00. The van der Waals surface area contributed by atoms with Crippen molar-refractivity contribution in [3.8, 4) is 12.3 Å². The number of rotatable bonds is 6. The van der Waals surface area contributed by atoms with Crippen LogP contribution in [0.3, 0.4) is 0 Å². The zero-order valence-electron chi connectivity index (χ0n) is 10.3. The van der Waals surface area contributed by atoms with Crippen LogP contribution in [-0.2, 0) is 4.79 Å². The largest absolute Gasteiger partial charge is 0.331 e. The fourth-order valence-electron chi connectivity index (χ4n) is 1.71. The molecule has 0 aliphatic heterocycles. The van der Waals surface area contributed by atoms with Gasteiger partial charge in [0.1, 0.15) is 0 Å². The Morgan fingerprint density at radius 2 is 2.25 bits per heavy atom. The molecule has 2 N–H and O–H groups in total. The molecular formula is C13H22N2O. The monoisotopic (exact) mass is 222 g/mol. The second kappa shape index (κ2) is 5.36. The molecule has 90 valence electrons. The van der Waals surface area contributed by atoms with Gasteiger partial charge in [0.2, 0.25) is 5.91 Å². The summed E-state index contributed by atoms with van der Waals surface area (Å²) in [6.45, 7) is 5.51. The van der Waals surface area contributed by atoms with Crippen LogP contribution < -0.4 is 5.73 Å². The summed E-state index contributed by atoms with van der Waals surface area (Å²) >= 11 is 0. The van der Waals surface area contributed by atoms with Crippen LogP contribution in [0.15, 0.2) is 0 Å². The highest BCUT2D eigenvalue weighted by atomic mass is 16.2. The second-order valence-electron chi connectivity index (χ2n) is 4.95. The molecule has 0 radical (unpaired) electrons. The van der Waals surface area contributed by atoms with E-state index in [1.165, 1.54) is 12.8 Å². The maximum Gasteiger partial charge on any atom is 0.230 e. The van der Waals surface area contributed by atoms with E-state index in [-0.39, 0.29) is 5.91 Å². The topological polar surface area (TPSA) is 46.3 Å². The minimum atomic E-state index is -0.453. The van der Waals surface area contributed by atoms with Gasteiger partial charge in [-0.2, -0.15) is 0 Å². The molecule has 0 bridgehead atoms. The predicted octanol–water partition coefficient (Wildman–Crippen LogP) is 1.23. The molecular weight excluding hydrogens is 200 g/mol. The van der Waals surface area contributed by atoms with Crippen molar-refractivity contribution in [1.82, 2.24) is 4.90 Å². The highest BCUT2D eigenvalue weighted by Crippen LogP contribution is 2.31. The van der Waals surface area contributed by atoms with E-state index in [1.807, 2.05) is 13.8 Å². The van der Waals surface area contributed by atoms with E-state index < -0.39 is 5.41 Å². The van der Waals surface area contributed by atoms with Gasteiger partial charge >= 0.3 is 0 Å². The minimum Gasteiger partial charge on any atom is -0.331 e. The van der Waals surface area contributed by atoms with Crippen LogP contribution in [0.2, 0.25) is 0 Å². The van der Waals surface area contributed by atoms with Gasteiger partial charge < -0.3 is 10.6 Å². The smallest absolute Gasteiger partial charge is 0.230 e. The van der Waals surface area contributed by atoms with Gasteiger partial charge in [-0.05, 0) is 32.1 Å². The van der Waals surface area contributed by atoms with Crippen molar-refractivity contribution in [2.45, 2.75) is 33.1 Å². The standard InChI is InChI=1S/C13H22N2O/c1-4-8-15(9-11-6-7-11)12(16)13(3,5-2)10-14/h1,11H,5-10,14H2,2-3H3. The number of amides is 1. The summed E-state index contributed by atoms with van der Waals surface area (Å²) in [4.78, 5) is 14.1. The SMILES string of the molecule is C#CCN(CC1CC1)C(=O)C(C)(CC)CN. The lowest BCUT2D eigenvalue weighted by Gasteiger charge is -2.32. The van der Waals surface area contributed by atoms with Crippen LogP contribution >= 0.6 is 0 Å². The molecule has 1 fully saturated rings. The first-order valence-corrected chi connectivity index (χ1v) is 6.00. The molecule has 0 aromatic carbocycles. The van der Waals surface area contributed by atoms with Crippen molar-refractivity contribution >= 4 is 5.91 Å². The maximum atomic E-state index is 12.3. The minimum absolute atomic E-state index is 0.113. The maximum absolute atomic E-state index is 12.3. The van der Waals surface area contributed by atoms with E-state index in [1.54, 1.807) is 4.90 Å². The zero-order valence-corrected chi connectivity index (χ0v) is 10.3. The Morgan fingerprint density at radius 1 is 1.62 bits per heavy atom. The molecule has 0 aromatic rings. The van der Waals surface area contributed by atoms with Gasteiger partial charge in [-0.3, -0.25) is 4.79 Å². The van der Waals surface area contributed by atoms with Gasteiger partial charge in [0, 0.05) is 13.1 Å². The van der Waals surface area contributed by atoms with Crippen molar-refractivity contribution in [1.29, 1.82) is 0 Å². The summed E-state index contributed by atoms with van der Waals surface area (Å²) in [5.41, 5.74) is 5.25. The molecule has 1 amide bonds. The van der Waals surface area contributed by atoms with Gasteiger partial charge in [0.05, 0.1) is 12.0 Å². The molecule has 1 aliphatic rings. The van der Waals surface area contributed by atoms with Crippen LogP contribution in [0.25, 0.3) is 0 Å². The first-order chi connectivity index (χ1) is 7.57. The van der Waals surface area contributed by atoms with Gasteiger partial charge in [-0.25, -0.2) is 0 Å². The fourth-order valence-corrected chi connectivity index (χ4v) is 1.71. The van der Waals surface area contributed by atoms with Crippen molar-refractivity contribution in [3.05, 3.63) is 0 Å². The summed E-state index contributed by atoms with van der Waals surface area (Å²) in [6.07, 6.45) is 8.52. The third-order valence-corrected chi connectivity index (χ3v) is 3.49. The van der Waals surface area contributed by atoms with Crippen LogP contribution in [0.5, 0.6) is 0 Å². The number of nitrogens with two attached hydrogens (primary N) is 1. The van der Waals surface area contributed by atoms with E-state index in [4.69, 9.17) is 12.2 Å². The number of hydrogen-bond acceptors (Lipinski definition) is 2. The highest BCUT2D eigenvalue weighted by molar-refractivity contribution is 5.82. The lowest BCUT2D eigenvalue weighted by atomic mass is 9.86. The average Bonchev–Trinajstić information content (AvgIpc) is 3.10. The summed E-state index contributed by atoms with van der Waals surface area (Å²) in [6, 6.07) is 0.